The molecule has 1 amide bonds. The second-order valence-electron chi connectivity index (χ2n) is 4.60. The normalized spacial score (nSPS) is 11.9. The summed E-state index contributed by atoms with van der Waals surface area (Å²) >= 11 is 0. The molecular weight excluding hydrogens is 244 g/mol. The van der Waals surface area contributed by atoms with E-state index in [0.717, 1.165) is 11.1 Å². The lowest BCUT2D eigenvalue weighted by Gasteiger charge is -2.07. The highest BCUT2D eigenvalue weighted by Crippen LogP contribution is 2.03. The summed E-state index contributed by atoms with van der Waals surface area (Å²) in [5.74, 6) is -1.07. The van der Waals surface area contributed by atoms with E-state index in [-0.39, 0.29) is 5.91 Å². The summed E-state index contributed by atoms with van der Waals surface area (Å²) in [4.78, 5) is 22.1. The Bertz CT molecular complexity index is 429. The molecule has 0 spiro atoms. The zero-order chi connectivity index (χ0) is 14.3. The minimum Gasteiger partial charge on any atom is -0.480 e. The van der Waals surface area contributed by atoms with E-state index in [1.54, 1.807) is 0 Å². The van der Waals surface area contributed by atoms with E-state index in [1.807, 2.05) is 31.2 Å². The van der Waals surface area contributed by atoms with Gasteiger partial charge in [0.15, 0.2) is 0 Å². The van der Waals surface area contributed by atoms with Crippen molar-refractivity contribution in [2.45, 2.75) is 32.2 Å². The summed E-state index contributed by atoms with van der Waals surface area (Å²) in [5, 5.41) is 11.3. The van der Waals surface area contributed by atoms with E-state index in [1.165, 1.54) is 0 Å². The number of carboxylic acid groups (broad SMARTS) is 1. The van der Waals surface area contributed by atoms with Crippen molar-refractivity contribution >= 4 is 11.9 Å². The topological polar surface area (TPSA) is 92.4 Å². The zero-order valence-corrected chi connectivity index (χ0v) is 11.1. The van der Waals surface area contributed by atoms with Crippen LogP contribution in [0.2, 0.25) is 0 Å². The molecule has 0 radical (unpaired) electrons. The molecule has 1 aromatic carbocycles. The van der Waals surface area contributed by atoms with Gasteiger partial charge in [-0.15, -0.1) is 0 Å². The van der Waals surface area contributed by atoms with Crippen LogP contribution in [0.3, 0.4) is 0 Å². The summed E-state index contributed by atoms with van der Waals surface area (Å²) in [7, 11) is 0. The van der Waals surface area contributed by atoms with E-state index in [4.69, 9.17) is 10.8 Å². The smallest absolute Gasteiger partial charge is 0.320 e. The molecule has 5 nitrogen and oxygen atoms in total. The zero-order valence-electron chi connectivity index (χ0n) is 11.1. The molecule has 19 heavy (non-hydrogen) atoms. The van der Waals surface area contributed by atoms with Crippen LogP contribution in [0, 0.1) is 6.92 Å². The second-order valence-corrected chi connectivity index (χ2v) is 4.60. The number of nitrogens with one attached hydrogen (secondary N) is 1. The van der Waals surface area contributed by atoms with Crippen LogP contribution < -0.4 is 11.1 Å². The Labute approximate surface area is 112 Å². The Morgan fingerprint density at radius 2 is 1.95 bits per heavy atom. The molecule has 1 rings (SSSR count). The third-order valence-electron chi connectivity index (χ3n) is 2.82. The van der Waals surface area contributed by atoms with Gasteiger partial charge in [-0.2, -0.15) is 0 Å². The fourth-order valence-corrected chi connectivity index (χ4v) is 1.63. The van der Waals surface area contributed by atoms with Gasteiger partial charge < -0.3 is 16.2 Å². The number of rotatable bonds is 7. The predicted molar refractivity (Wildman–Crippen MR) is 72.7 cm³/mol. The number of aliphatic carboxylic acids is 1. The Morgan fingerprint density at radius 3 is 2.53 bits per heavy atom. The number of hydrogen-bond donors (Lipinski definition) is 3. The van der Waals surface area contributed by atoms with Crippen molar-refractivity contribution in [2.24, 2.45) is 5.73 Å². The molecule has 0 unspecified atom stereocenters. The molecule has 0 saturated carbocycles. The van der Waals surface area contributed by atoms with Gasteiger partial charge in [-0.1, -0.05) is 29.8 Å². The van der Waals surface area contributed by atoms with Crippen LogP contribution in [0.4, 0.5) is 0 Å². The first-order valence-corrected chi connectivity index (χ1v) is 6.29. The Balaban J connectivity index is 2.21. The molecule has 104 valence electrons. The van der Waals surface area contributed by atoms with Crippen LogP contribution in [0.25, 0.3) is 0 Å². The largest absolute Gasteiger partial charge is 0.480 e. The van der Waals surface area contributed by atoms with Crippen molar-refractivity contribution in [1.29, 1.82) is 0 Å². The van der Waals surface area contributed by atoms with Gasteiger partial charge in [-0.3, -0.25) is 9.59 Å². The molecule has 0 aliphatic heterocycles. The second kappa shape index (κ2) is 7.53. The van der Waals surface area contributed by atoms with E-state index < -0.39 is 12.0 Å². The fourth-order valence-electron chi connectivity index (χ4n) is 1.63. The summed E-state index contributed by atoms with van der Waals surface area (Å²) < 4.78 is 0. The number of hydrogen-bond acceptors (Lipinski definition) is 3. The number of nitrogens with two attached hydrogens (primary N) is 1. The van der Waals surface area contributed by atoms with Gasteiger partial charge in [0, 0.05) is 6.54 Å². The molecule has 1 aromatic rings. The molecule has 0 aliphatic carbocycles. The Hall–Kier alpha value is -1.88. The molecule has 0 fully saturated rings. The van der Waals surface area contributed by atoms with Gasteiger partial charge in [-0.05, 0) is 25.3 Å². The van der Waals surface area contributed by atoms with Gasteiger partial charge >= 0.3 is 5.97 Å². The molecule has 4 N–H and O–H groups in total. The van der Waals surface area contributed by atoms with E-state index >= 15 is 0 Å². The summed E-state index contributed by atoms with van der Waals surface area (Å²) in [5.41, 5.74) is 7.48. The number of aryl methyl sites for hydroxylation is 1. The minimum absolute atomic E-state index is 0.0623. The first kappa shape index (κ1) is 15.2. The van der Waals surface area contributed by atoms with Gasteiger partial charge in [0.05, 0.1) is 6.42 Å². The number of benzene rings is 1. The maximum absolute atomic E-state index is 11.6. The van der Waals surface area contributed by atoms with Crippen molar-refractivity contribution in [3.63, 3.8) is 0 Å². The highest BCUT2D eigenvalue weighted by atomic mass is 16.4. The lowest BCUT2D eigenvalue weighted by molar-refractivity contribution is -0.138. The summed E-state index contributed by atoms with van der Waals surface area (Å²) in [6, 6.07) is 6.93. The molecule has 0 heterocycles. The Morgan fingerprint density at radius 1 is 1.32 bits per heavy atom. The van der Waals surface area contributed by atoms with Crippen LogP contribution in [-0.2, 0) is 16.0 Å². The van der Waals surface area contributed by atoms with Crippen LogP contribution in [-0.4, -0.2) is 29.6 Å². The highest BCUT2D eigenvalue weighted by Gasteiger charge is 2.10. The fraction of sp³-hybridized carbons (Fsp3) is 0.429. The van der Waals surface area contributed by atoms with Gasteiger partial charge in [0.2, 0.25) is 5.91 Å². The highest BCUT2D eigenvalue weighted by molar-refractivity contribution is 5.78. The average molecular weight is 264 g/mol. The maximum Gasteiger partial charge on any atom is 0.320 e. The van der Waals surface area contributed by atoms with Gasteiger partial charge in [-0.25, -0.2) is 0 Å². The van der Waals surface area contributed by atoms with Gasteiger partial charge in [0.1, 0.15) is 6.04 Å². The third kappa shape index (κ3) is 6.01. The molecule has 0 aromatic heterocycles. The third-order valence-corrected chi connectivity index (χ3v) is 2.82. The molecule has 0 saturated heterocycles. The average Bonchev–Trinajstić information content (AvgIpc) is 2.37. The molecular formula is C14H20N2O3. The van der Waals surface area contributed by atoms with Crippen molar-refractivity contribution in [2.75, 3.05) is 6.54 Å². The first-order chi connectivity index (χ1) is 8.99. The van der Waals surface area contributed by atoms with E-state index in [9.17, 15) is 9.59 Å². The van der Waals surface area contributed by atoms with Crippen LogP contribution in [0.5, 0.6) is 0 Å². The Kier molecular flexibility index (Phi) is 6.02. The first-order valence-electron chi connectivity index (χ1n) is 6.29. The molecule has 5 heteroatoms. The predicted octanol–water partition coefficient (Wildman–Crippen LogP) is 0.846. The number of amides is 1. The number of carbonyl (C=O) groups excluding carboxylic acids is 1. The SMILES string of the molecule is Cc1ccc(CC(=O)NCCC[C@H](N)C(=O)O)cc1. The van der Waals surface area contributed by atoms with E-state index in [2.05, 4.69) is 5.32 Å². The lowest BCUT2D eigenvalue weighted by Crippen LogP contribution is -2.32. The number of carboxylic acids is 1. The van der Waals surface area contributed by atoms with Crippen LogP contribution in [0.1, 0.15) is 24.0 Å². The molecule has 0 aliphatic rings. The maximum atomic E-state index is 11.6. The summed E-state index contributed by atoms with van der Waals surface area (Å²) in [6.45, 7) is 2.45. The standard InChI is InChI=1S/C14H20N2O3/c1-10-4-6-11(7-5-10)9-13(17)16-8-2-3-12(15)14(18)19/h4-7,12H,2-3,8-9,15H2,1H3,(H,16,17)(H,18,19)/t12-/m0/s1. The van der Waals surface area contributed by atoms with Crippen molar-refractivity contribution in [3.8, 4) is 0 Å². The van der Waals surface area contributed by atoms with Crippen molar-refractivity contribution in [3.05, 3.63) is 35.4 Å². The van der Waals surface area contributed by atoms with Crippen LogP contribution >= 0.6 is 0 Å². The molecule has 0 bridgehead atoms. The summed E-state index contributed by atoms with van der Waals surface area (Å²) in [6.07, 6.45) is 1.26. The lowest BCUT2D eigenvalue weighted by atomic mass is 10.1. The minimum atomic E-state index is -1.01. The van der Waals surface area contributed by atoms with Crippen molar-refractivity contribution in [1.82, 2.24) is 5.32 Å². The number of carbonyl (C=O) groups is 2. The monoisotopic (exact) mass is 264 g/mol. The van der Waals surface area contributed by atoms with Gasteiger partial charge in [0.25, 0.3) is 0 Å². The van der Waals surface area contributed by atoms with Crippen molar-refractivity contribution < 1.29 is 14.7 Å². The quantitative estimate of drug-likeness (QED) is 0.636. The van der Waals surface area contributed by atoms with E-state index in [0.29, 0.717) is 25.8 Å². The van der Waals surface area contributed by atoms with Crippen LogP contribution in [0.15, 0.2) is 24.3 Å². The molecule has 1 atom stereocenters.